The number of aromatic nitrogens is 1. The quantitative estimate of drug-likeness (QED) is 0.695. The van der Waals surface area contributed by atoms with Gasteiger partial charge in [-0.25, -0.2) is 0 Å². The van der Waals surface area contributed by atoms with E-state index in [4.69, 9.17) is 4.74 Å². The van der Waals surface area contributed by atoms with Gasteiger partial charge >= 0.3 is 0 Å². The molecule has 1 aliphatic rings. The second kappa shape index (κ2) is 11.0. The fourth-order valence-electron chi connectivity index (χ4n) is 1.35. The summed E-state index contributed by atoms with van der Waals surface area (Å²) in [6.45, 7) is 4.00. The maximum atomic E-state index is 4.85. The largest absolute Gasteiger partial charge is 0.495 e. The van der Waals surface area contributed by atoms with Gasteiger partial charge in [0.1, 0.15) is 5.75 Å². The first kappa shape index (κ1) is 13.9. The number of rotatable bonds is 1. The molecule has 15 heavy (non-hydrogen) atoms. The Kier molecular flexibility index (Phi) is 10.3. The number of methoxy groups -OCH3 is 1. The maximum Gasteiger partial charge on any atom is 0.137 e. The van der Waals surface area contributed by atoms with Crippen molar-refractivity contribution in [1.82, 2.24) is 4.98 Å². The molecule has 1 heterocycles. The monoisotopic (exact) mass is 209 g/mol. The predicted octanol–water partition coefficient (Wildman–Crippen LogP) is 4.07. The zero-order valence-electron chi connectivity index (χ0n) is 10.2. The number of pyridine rings is 1. The van der Waals surface area contributed by atoms with E-state index in [1.54, 1.807) is 19.5 Å². The van der Waals surface area contributed by atoms with Gasteiger partial charge in [-0.3, -0.25) is 4.98 Å². The highest BCUT2D eigenvalue weighted by molar-refractivity contribution is 5.14. The third kappa shape index (κ3) is 7.98. The highest BCUT2D eigenvalue weighted by atomic mass is 16.5. The summed E-state index contributed by atoms with van der Waals surface area (Å²) in [6.07, 6.45) is 10.9. The van der Waals surface area contributed by atoms with E-state index < -0.39 is 0 Å². The lowest BCUT2D eigenvalue weighted by Crippen LogP contribution is -1.80. The highest BCUT2D eigenvalue weighted by Gasteiger charge is 1.95. The van der Waals surface area contributed by atoms with Gasteiger partial charge in [0.25, 0.3) is 0 Å². The van der Waals surface area contributed by atoms with Crippen molar-refractivity contribution in [3.63, 3.8) is 0 Å². The van der Waals surface area contributed by atoms with Crippen LogP contribution < -0.4 is 4.74 Å². The second-order valence-corrected chi connectivity index (χ2v) is 3.16. The molecule has 1 aliphatic carbocycles. The van der Waals surface area contributed by atoms with Crippen molar-refractivity contribution in [1.29, 1.82) is 0 Å². The van der Waals surface area contributed by atoms with Crippen LogP contribution in [0.15, 0.2) is 24.5 Å². The van der Waals surface area contributed by atoms with Gasteiger partial charge in [-0.05, 0) is 12.1 Å². The van der Waals surface area contributed by atoms with Crippen molar-refractivity contribution in [3.8, 4) is 5.75 Å². The Morgan fingerprint density at radius 3 is 1.87 bits per heavy atom. The molecular formula is C13H23NO. The molecular weight excluding hydrogens is 186 g/mol. The average Bonchev–Trinajstić information content (AvgIpc) is 2.92. The molecule has 0 amide bonds. The zero-order chi connectivity index (χ0) is 11.4. The van der Waals surface area contributed by atoms with Crippen LogP contribution in [0.4, 0.5) is 0 Å². The van der Waals surface area contributed by atoms with Crippen LogP contribution in [0.25, 0.3) is 0 Å². The minimum atomic E-state index is 0.799. The molecule has 0 atom stereocenters. The van der Waals surface area contributed by atoms with Gasteiger partial charge in [0.2, 0.25) is 0 Å². The van der Waals surface area contributed by atoms with Crippen molar-refractivity contribution in [2.45, 2.75) is 46.0 Å². The molecule has 86 valence electrons. The molecule has 0 unspecified atom stereocenters. The van der Waals surface area contributed by atoms with E-state index in [1.807, 2.05) is 26.0 Å². The molecule has 1 saturated carbocycles. The van der Waals surface area contributed by atoms with Gasteiger partial charge in [-0.15, -0.1) is 0 Å². The summed E-state index contributed by atoms with van der Waals surface area (Å²) in [5, 5.41) is 0. The fraction of sp³-hybridized carbons (Fsp3) is 0.615. The Labute approximate surface area is 93.7 Å². The SMILES string of the molecule is C1CCCC1.CC.COc1cccnc1. The number of nitrogens with zero attached hydrogens (tertiary/aromatic N) is 1. The lowest BCUT2D eigenvalue weighted by Gasteiger charge is -1.93. The third-order valence-electron chi connectivity index (χ3n) is 2.12. The molecule has 0 saturated heterocycles. The topological polar surface area (TPSA) is 22.1 Å². The molecule has 1 fully saturated rings. The lowest BCUT2D eigenvalue weighted by molar-refractivity contribution is 0.413. The van der Waals surface area contributed by atoms with Crippen LogP contribution in [0.5, 0.6) is 5.75 Å². The molecule has 0 bridgehead atoms. The van der Waals surface area contributed by atoms with Crippen LogP contribution in [0.1, 0.15) is 46.0 Å². The van der Waals surface area contributed by atoms with Crippen molar-refractivity contribution in [2.75, 3.05) is 7.11 Å². The van der Waals surface area contributed by atoms with Gasteiger partial charge in [0.05, 0.1) is 13.3 Å². The van der Waals surface area contributed by atoms with E-state index >= 15 is 0 Å². The minimum absolute atomic E-state index is 0.799. The standard InChI is InChI=1S/C6H7NO.C5H10.C2H6/c1-8-6-3-2-4-7-5-6;1-2-4-5-3-1;1-2/h2-5H,1H3;1-5H2;1-2H3. The van der Waals surface area contributed by atoms with Crippen LogP contribution in [0.3, 0.4) is 0 Å². The molecule has 1 aromatic rings. The first-order valence-corrected chi connectivity index (χ1v) is 5.87. The van der Waals surface area contributed by atoms with E-state index in [0.29, 0.717) is 0 Å². The maximum absolute atomic E-state index is 4.85. The summed E-state index contributed by atoms with van der Waals surface area (Å²) < 4.78 is 4.85. The van der Waals surface area contributed by atoms with Gasteiger partial charge in [0.15, 0.2) is 0 Å². The first-order chi connectivity index (χ1) is 7.43. The van der Waals surface area contributed by atoms with E-state index in [-0.39, 0.29) is 0 Å². The Morgan fingerprint density at radius 1 is 1.07 bits per heavy atom. The Bertz CT molecular complexity index is 199. The molecule has 0 aromatic carbocycles. The van der Waals surface area contributed by atoms with Crippen LogP contribution in [-0.4, -0.2) is 12.1 Å². The fourth-order valence-corrected chi connectivity index (χ4v) is 1.35. The van der Waals surface area contributed by atoms with Gasteiger partial charge in [-0.1, -0.05) is 46.0 Å². The summed E-state index contributed by atoms with van der Waals surface area (Å²) in [4.78, 5) is 3.83. The van der Waals surface area contributed by atoms with Crippen molar-refractivity contribution >= 4 is 0 Å². The van der Waals surface area contributed by atoms with Crippen LogP contribution in [-0.2, 0) is 0 Å². The average molecular weight is 209 g/mol. The zero-order valence-corrected chi connectivity index (χ0v) is 10.2. The summed E-state index contributed by atoms with van der Waals surface area (Å²) in [5.41, 5.74) is 0. The highest BCUT2D eigenvalue weighted by Crippen LogP contribution is 2.15. The summed E-state index contributed by atoms with van der Waals surface area (Å²) in [6, 6.07) is 3.69. The second-order valence-electron chi connectivity index (χ2n) is 3.16. The van der Waals surface area contributed by atoms with Crippen LogP contribution >= 0.6 is 0 Å². The Balaban J connectivity index is 0.000000241. The molecule has 1 aromatic heterocycles. The summed E-state index contributed by atoms with van der Waals surface area (Å²) in [7, 11) is 1.62. The Hall–Kier alpha value is -1.05. The molecule has 0 aliphatic heterocycles. The van der Waals surface area contributed by atoms with Crippen molar-refractivity contribution < 1.29 is 4.74 Å². The number of hydrogen-bond donors (Lipinski definition) is 0. The van der Waals surface area contributed by atoms with Crippen LogP contribution in [0.2, 0.25) is 0 Å². The van der Waals surface area contributed by atoms with E-state index in [1.165, 1.54) is 32.1 Å². The predicted molar refractivity (Wildman–Crippen MR) is 65.2 cm³/mol. The smallest absolute Gasteiger partial charge is 0.137 e. The summed E-state index contributed by atoms with van der Waals surface area (Å²) in [5.74, 6) is 0.799. The molecule has 2 rings (SSSR count). The number of ether oxygens (including phenoxy) is 1. The normalized spacial score (nSPS) is 13.0. The third-order valence-corrected chi connectivity index (χ3v) is 2.12. The molecule has 2 heteroatoms. The van der Waals surface area contributed by atoms with Gasteiger partial charge < -0.3 is 4.74 Å². The minimum Gasteiger partial charge on any atom is -0.495 e. The van der Waals surface area contributed by atoms with Crippen molar-refractivity contribution in [2.24, 2.45) is 0 Å². The number of hydrogen-bond acceptors (Lipinski definition) is 2. The van der Waals surface area contributed by atoms with Gasteiger partial charge in [0, 0.05) is 6.20 Å². The molecule has 0 N–H and O–H groups in total. The van der Waals surface area contributed by atoms with Crippen LogP contribution in [0, 0.1) is 0 Å². The Morgan fingerprint density at radius 2 is 1.60 bits per heavy atom. The first-order valence-electron chi connectivity index (χ1n) is 5.87. The molecule has 0 spiro atoms. The van der Waals surface area contributed by atoms with Gasteiger partial charge in [-0.2, -0.15) is 0 Å². The van der Waals surface area contributed by atoms with E-state index in [0.717, 1.165) is 5.75 Å². The van der Waals surface area contributed by atoms with E-state index in [9.17, 15) is 0 Å². The lowest BCUT2D eigenvalue weighted by atomic mass is 10.4. The van der Waals surface area contributed by atoms with Crippen molar-refractivity contribution in [3.05, 3.63) is 24.5 Å². The van der Waals surface area contributed by atoms with E-state index in [2.05, 4.69) is 4.98 Å². The molecule has 2 nitrogen and oxygen atoms in total. The summed E-state index contributed by atoms with van der Waals surface area (Å²) >= 11 is 0. The molecule has 0 radical (unpaired) electrons.